The number of halogens is 1. The van der Waals surface area contributed by atoms with Crippen LogP contribution in [0.1, 0.15) is 99.7 Å². The predicted octanol–water partition coefficient (Wildman–Crippen LogP) is 7.41. The zero-order valence-corrected chi connectivity index (χ0v) is 38.7. The molecule has 4 bridgehead atoms. The van der Waals surface area contributed by atoms with Crippen LogP contribution in [0.4, 0.5) is 0 Å². The van der Waals surface area contributed by atoms with E-state index in [1.165, 1.54) is 48.0 Å². The zero-order chi connectivity index (χ0) is 47.8. The Kier molecular flexibility index (Phi) is 16.3. The number of nitrogens with two attached hydrogens (primary N) is 1. The summed E-state index contributed by atoms with van der Waals surface area (Å²) < 4.78 is 0. The van der Waals surface area contributed by atoms with E-state index >= 15 is 0 Å². The number of ketones is 4. The van der Waals surface area contributed by atoms with Gasteiger partial charge < -0.3 is 31.1 Å². The number of unbranched alkanes of at least 4 members (excludes halogenated alkanes) is 1. The second kappa shape index (κ2) is 21.9. The van der Waals surface area contributed by atoms with Crippen molar-refractivity contribution in [1.29, 1.82) is 0 Å². The molecule has 4 aromatic rings. The van der Waals surface area contributed by atoms with Crippen molar-refractivity contribution in [3.63, 3.8) is 0 Å². The molecule has 13 nitrogen and oxygen atoms in total. The molecule has 0 radical (unpaired) electrons. The highest BCUT2D eigenvalue weighted by Crippen LogP contribution is 2.40. The highest BCUT2D eigenvalue weighted by Gasteiger charge is 2.38. The summed E-state index contributed by atoms with van der Waals surface area (Å²) in [5, 5.41) is 25.8. The van der Waals surface area contributed by atoms with Crippen LogP contribution in [0.2, 0.25) is 5.02 Å². The van der Waals surface area contributed by atoms with Crippen molar-refractivity contribution in [3.8, 4) is 33.8 Å². The number of rotatable bonds is 15. The molecule has 0 saturated carbocycles. The number of hydrogen-bond donors (Lipinski definition) is 4. The molecule has 2 aliphatic rings. The Bertz CT molecular complexity index is 2470. The monoisotopic (exact) mass is 918 g/mol. The summed E-state index contributed by atoms with van der Waals surface area (Å²) in [6.07, 6.45) is 1.93. The Labute approximate surface area is 390 Å². The fraction of sp³-hybridized carbons (Fsp3) is 0.404. The number of aromatic hydroxyl groups is 2. The summed E-state index contributed by atoms with van der Waals surface area (Å²) in [5.74, 6) is -5.79. The average molecular weight is 920 g/mol. The van der Waals surface area contributed by atoms with Crippen LogP contribution in [0, 0.1) is 17.8 Å². The van der Waals surface area contributed by atoms with Crippen molar-refractivity contribution in [2.45, 2.75) is 96.7 Å². The van der Waals surface area contributed by atoms with E-state index in [0.29, 0.717) is 66.9 Å². The number of fused-ring (bicyclic) bond motifs is 5. The van der Waals surface area contributed by atoms with E-state index in [1.807, 2.05) is 24.3 Å². The first-order valence-electron chi connectivity index (χ1n) is 22.6. The average Bonchev–Trinajstić information content (AvgIpc) is 3.80. The number of benzene rings is 4. The van der Waals surface area contributed by atoms with Gasteiger partial charge in [-0.15, -0.1) is 0 Å². The summed E-state index contributed by atoms with van der Waals surface area (Å²) in [6, 6.07) is 20.4. The first-order chi connectivity index (χ1) is 31.5. The number of likely N-dealkylation sites (N-methyl/N-ethyl adjacent to an activating group) is 1. The Balaban J connectivity index is 1.30. The first-order valence-corrected chi connectivity index (χ1v) is 23.0. The topological polar surface area (TPSA) is 204 Å². The first kappa shape index (κ1) is 49.3. The van der Waals surface area contributed by atoms with Gasteiger partial charge in [-0.25, -0.2) is 0 Å². The molecule has 2 heterocycles. The highest BCUT2D eigenvalue weighted by molar-refractivity contribution is 6.30. The second-order valence-corrected chi connectivity index (χ2v) is 18.3. The van der Waals surface area contributed by atoms with E-state index in [2.05, 4.69) is 5.32 Å². The summed E-state index contributed by atoms with van der Waals surface area (Å²) in [6.45, 7) is 5.40. The van der Waals surface area contributed by atoms with Crippen molar-refractivity contribution in [1.82, 2.24) is 15.1 Å². The summed E-state index contributed by atoms with van der Waals surface area (Å²) in [7, 11) is 1.47. The van der Waals surface area contributed by atoms with Crippen LogP contribution in [-0.2, 0) is 35.2 Å². The van der Waals surface area contributed by atoms with Gasteiger partial charge in [-0.3, -0.25) is 33.6 Å². The molecule has 0 aliphatic carbocycles. The molecule has 4 aromatic carbocycles. The Morgan fingerprint density at radius 2 is 1.50 bits per heavy atom. The van der Waals surface area contributed by atoms with Crippen LogP contribution in [-0.4, -0.2) is 93.1 Å². The fourth-order valence-corrected chi connectivity index (χ4v) is 9.28. The zero-order valence-electron chi connectivity index (χ0n) is 37.9. The molecular weight excluding hydrogens is 860 g/mol. The number of phenolic OH excluding ortho intramolecular Hbond substituents is 2. The number of nitrogens with one attached hydrogen (secondary N) is 1. The van der Waals surface area contributed by atoms with Crippen molar-refractivity contribution in [3.05, 3.63) is 107 Å². The molecule has 66 heavy (non-hydrogen) atoms. The van der Waals surface area contributed by atoms with Gasteiger partial charge in [-0.2, -0.15) is 0 Å². The minimum Gasteiger partial charge on any atom is -0.507 e. The molecule has 6 atom stereocenters. The molecule has 6 rings (SSSR count). The van der Waals surface area contributed by atoms with Gasteiger partial charge in [0.15, 0.2) is 23.1 Å². The van der Waals surface area contributed by atoms with E-state index in [0.717, 1.165) is 11.1 Å². The third kappa shape index (κ3) is 11.6. The Morgan fingerprint density at radius 3 is 2.15 bits per heavy atom. The highest BCUT2D eigenvalue weighted by atomic mass is 35.5. The van der Waals surface area contributed by atoms with Gasteiger partial charge in [0.25, 0.3) is 0 Å². The van der Waals surface area contributed by atoms with E-state index in [4.69, 9.17) is 17.3 Å². The van der Waals surface area contributed by atoms with Gasteiger partial charge in [-0.1, -0.05) is 80.4 Å². The number of nitrogens with zero attached hydrogens (tertiary/aromatic N) is 2. The van der Waals surface area contributed by atoms with E-state index in [-0.39, 0.29) is 65.8 Å². The number of likely N-dealkylation sites (tertiary alicyclic amines) is 1. The van der Waals surface area contributed by atoms with Gasteiger partial charge in [0.2, 0.25) is 17.7 Å². The number of phenols is 2. The molecule has 348 valence electrons. The molecule has 5 N–H and O–H groups in total. The van der Waals surface area contributed by atoms with Crippen molar-refractivity contribution < 1.29 is 43.8 Å². The SMILES string of the molecule is CC(=O)C1CCCN1C(=O)[C@H](C)CC(=O)[C@@H]1Cc2ccc(O)c(c2)-c2cc(ccc2O)[C@H](N(C)C(=O)[C@H](CCCCN)CC(=O)c2ccc(-c3ccc(Cl)cc3)cc2)C(=O)C[C@@H](C)C(=O)N1. The summed E-state index contributed by atoms with van der Waals surface area (Å²) >= 11 is 6.07. The molecule has 0 spiro atoms. The van der Waals surface area contributed by atoms with Crippen LogP contribution in [0.15, 0.2) is 84.9 Å². The second-order valence-electron chi connectivity index (χ2n) is 17.9. The molecule has 0 aromatic heterocycles. The molecule has 14 heteroatoms. The standard InChI is InChI=1S/C52H59ClN4O9/c1-30-24-48(63)49(56(4)52(66)38(8-5-6-22-54)29-46(61)36-13-11-34(12-14-36)35-15-18-39(53)19-16-35)37-17-21-45(60)41(28-37)40-26-33(10-20-44(40)59)27-42(55-50(30)64)47(62)25-31(2)51(65)57-23-7-9-43(57)32(3)58/h10-21,26,28,30-31,38,42-43,49,59-60H,5-9,22-25,27,29,54H2,1-4H3,(H,55,64)/t30-,31-,38-,42+,43?,49+/m1/s1. The summed E-state index contributed by atoms with van der Waals surface area (Å²) in [4.78, 5) is 99.9. The third-order valence-corrected chi connectivity index (χ3v) is 13.2. The van der Waals surface area contributed by atoms with Crippen LogP contribution in [0.25, 0.3) is 22.3 Å². The van der Waals surface area contributed by atoms with Gasteiger partial charge in [0.1, 0.15) is 17.5 Å². The minimum absolute atomic E-state index is 0.0315. The molecule has 2 aliphatic heterocycles. The maximum Gasteiger partial charge on any atom is 0.226 e. The number of carbonyl (C=O) groups is 7. The lowest BCUT2D eigenvalue weighted by Gasteiger charge is -2.32. The maximum absolute atomic E-state index is 14.7. The van der Waals surface area contributed by atoms with Gasteiger partial charge in [0.05, 0.1) is 12.1 Å². The fourth-order valence-electron chi connectivity index (χ4n) is 9.16. The Morgan fingerprint density at radius 1 is 0.864 bits per heavy atom. The van der Waals surface area contributed by atoms with Crippen LogP contribution in [0.3, 0.4) is 0 Å². The molecule has 1 saturated heterocycles. The largest absolute Gasteiger partial charge is 0.507 e. The summed E-state index contributed by atoms with van der Waals surface area (Å²) in [5.41, 5.74) is 9.20. The third-order valence-electron chi connectivity index (χ3n) is 12.9. The van der Waals surface area contributed by atoms with Gasteiger partial charge in [-0.05, 0) is 104 Å². The Hall–Kier alpha value is -6.18. The molecular formula is C52H59ClN4O9. The lowest BCUT2D eigenvalue weighted by atomic mass is 9.87. The van der Waals surface area contributed by atoms with E-state index < -0.39 is 59.3 Å². The van der Waals surface area contributed by atoms with Crippen molar-refractivity contribution in [2.75, 3.05) is 20.1 Å². The lowest BCUT2D eigenvalue weighted by Crippen LogP contribution is -2.47. The van der Waals surface area contributed by atoms with Gasteiger partial charge >= 0.3 is 0 Å². The molecule has 1 fully saturated rings. The van der Waals surface area contributed by atoms with Gasteiger partial charge in [0, 0.05) is 72.3 Å². The molecule has 1 unspecified atom stereocenters. The van der Waals surface area contributed by atoms with E-state index in [1.54, 1.807) is 50.2 Å². The number of amides is 3. The number of hydrogen-bond acceptors (Lipinski definition) is 10. The lowest BCUT2D eigenvalue weighted by molar-refractivity contribution is -0.142. The van der Waals surface area contributed by atoms with Crippen molar-refractivity contribution in [2.24, 2.45) is 23.5 Å². The minimum atomic E-state index is -1.29. The van der Waals surface area contributed by atoms with Crippen LogP contribution in [0.5, 0.6) is 11.5 Å². The predicted molar refractivity (Wildman–Crippen MR) is 252 cm³/mol. The van der Waals surface area contributed by atoms with E-state index in [9.17, 15) is 43.8 Å². The van der Waals surface area contributed by atoms with Crippen LogP contribution < -0.4 is 11.1 Å². The normalized spacial score (nSPS) is 19.6. The van der Waals surface area contributed by atoms with Crippen LogP contribution >= 0.6 is 11.6 Å². The number of carbonyl (C=O) groups excluding carboxylic acids is 7. The quantitative estimate of drug-likeness (QED) is 0.0687. The maximum atomic E-state index is 14.7. The molecule has 3 amide bonds. The smallest absolute Gasteiger partial charge is 0.226 e. The van der Waals surface area contributed by atoms with Crippen molar-refractivity contribution >= 4 is 52.5 Å². The number of Topliss-reactive ketones (excluding diaryl/α,β-unsaturated/α-hetero) is 4.